The van der Waals surface area contributed by atoms with Gasteiger partial charge in [0.15, 0.2) is 0 Å². The van der Waals surface area contributed by atoms with Gasteiger partial charge in [-0.05, 0) is 0 Å². The Morgan fingerprint density at radius 2 is 2.46 bits per heavy atom. The van der Waals surface area contributed by atoms with E-state index >= 15 is 0 Å². The lowest BCUT2D eigenvalue weighted by molar-refractivity contribution is -0.117. The predicted molar refractivity (Wildman–Crippen MR) is 47.6 cm³/mol. The summed E-state index contributed by atoms with van der Waals surface area (Å²) >= 11 is 0. The van der Waals surface area contributed by atoms with Crippen molar-refractivity contribution in [1.29, 1.82) is 0 Å². The molecule has 0 aliphatic heterocycles. The highest BCUT2D eigenvalue weighted by molar-refractivity contribution is 4.90. The molecule has 0 unspecified atom stereocenters. The first-order valence-corrected chi connectivity index (χ1v) is 4.10. The molecule has 1 aromatic rings. The van der Waals surface area contributed by atoms with E-state index in [2.05, 4.69) is 10.3 Å². The van der Waals surface area contributed by atoms with Crippen LogP contribution in [0, 0.1) is 0 Å². The van der Waals surface area contributed by atoms with Crippen LogP contribution in [-0.4, -0.2) is 40.8 Å². The van der Waals surface area contributed by atoms with E-state index in [0.29, 0.717) is 19.6 Å². The SMILES string of the molecule is CON(C)Cc1cn(CCN)nn1. The van der Waals surface area contributed by atoms with Gasteiger partial charge in [0.2, 0.25) is 0 Å². The monoisotopic (exact) mass is 185 g/mol. The molecule has 1 aromatic heterocycles. The summed E-state index contributed by atoms with van der Waals surface area (Å²) in [5.74, 6) is 0. The average molecular weight is 185 g/mol. The van der Waals surface area contributed by atoms with E-state index in [0.717, 1.165) is 5.69 Å². The van der Waals surface area contributed by atoms with Crippen molar-refractivity contribution in [2.45, 2.75) is 13.1 Å². The van der Waals surface area contributed by atoms with Crippen molar-refractivity contribution in [1.82, 2.24) is 20.1 Å². The first kappa shape index (κ1) is 10.1. The molecular weight excluding hydrogens is 170 g/mol. The molecule has 0 spiro atoms. The van der Waals surface area contributed by atoms with Crippen LogP contribution >= 0.6 is 0 Å². The normalized spacial score (nSPS) is 11.1. The van der Waals surface area contributed by atoms with Crippen LogP contribution in [0.4, 0.5) is 0 Å². The molecule has 2 N–H and O–H groups in total. The Bertz CT molecular complexity index is 249. The van der Waals surface area contributed by atoms with Gasteiger partial charge in [-0.1, -0.05) is 5.21 Å². The Hall–Kier alpha value is -0.980. The van der Waals surface area contributed by atoms with E-state index in [1.807, 2.05) is 13.2 Å². The first-order chi connectivity index (χ1) is 6.26. The molecule has 74 valence electrons. The molecule has 6 nitrogen and oxygen atoms in total. The van der Waals surface area contributed by atoms with Crippen molar-refractivity contribution in [2.24, 2.45) is 5.73 Å². The quantitative estimate of drug-likeness (QED) is 0.610. The van der Waals surface area contributed by atoms with Crippen molar-refractivity contribution in [2.75, 3.05) is 20.7 Å². The molecule has 1 heterocycles. The third kappa shape index (κ3) is 3.10. The molecule has 6 heteroatoms. The summed E-state index contributed by atoms with van der Waals surface area (Å²) in [5.41, 5.74) is 6.25. The van der Waals surface area contributed by atoms with E-state index < -0.39 is 0 Å². The fourth-order valence-corrected chi connectivity index (χ4v) is 0.945. The zero-order valence-electron chi connectivity index (χ0n) is 7.97. The minimum absolute atomic E-state index is 0.572. The Morgan fingerprint density at radius 3 is 3.08 bits per heavy atom. The van der Waals surface area contributed by atoms with Crippen molar-refractivity contribution < 1.29 is 4.84 Å². The number of nitrogens with zero attached hydrogens (tertiary/aromatic N) is 4. The molecule has 0 amide bonds. The largest absolute Gasteiger partial charge is 0.329 e. The summed E-state index contributed by atoms with van der Waals surface area (Å²) in [6, 6.07) is 0. The minimum atomic E-state index is 0.572. The zero-order chi connectivity index (χ0) is 9.68. The van der Waals surface area contributed by atoms with Crippen molar-refractivity contribution in [3.05, 3.63) is 11.9 Å². The molecule has 0 aromatic carbocycles. The molecular formula is C7H15N5O. The second-order valence-corrected chi connectivity index (χ2v) is 2.73. The van der Waals surface area contributed by atoms with E-state index in [-0.39, 0.29) is 0 Å². The predicted octanol–water partition coefficient (Wildman–Crippen LogP) is -0.770. The van der Waals surface area contributed by atoms with Crippen LogP contribution in [0.5, 0.6) is 0 Å². The lowest BCUT2D eigenvalue weighted by Crippen LogP contribution is -2.16. The van der Waals surface area contributed by atoms with Gasteiger partial charge in [0.05, 0.1) is 25.9 Å². The number of aromatic nitrogens is 3. The summed E-state index contributed by atoms with van der Waals surface area (Å²) in [6.07, 6.45) is 1.86. The second-order valence-electron chi connectivity index (χ2n) is 2.73. The molecule has 0 bridgehead atoms. The van der Waals surface area contributed by atoms with Crippen LogP contribution in [0.2, 0.25) is 0 Å². The van der Waals surface area contributed by atoms with Crippen molar-refractivity contribution >= 4 is 0 Å². The Labute approximate surface area is 77.2 Å². The lowest BCUT2D eigenvalue weighted by atomic mass is 10.5. The van der Waals surface area contributed by atoms with Gasteiger partial charge in [-0.3, -0.25) is 4.68 Å². The molecule has 1 rings (SSSR count). The molecule has 0 saturated heterocycles. The molecule has 0 aliphatic carbocycles. The maximum absolute atomic E-state index is 5.37. The van der Waals surface area contributed by atoms with Crippen LogP contribution in [0.3, 0.4) is 0 Å². The number of rotatable bonds is 5. The van der Waals surface area contributed by atoms with Gasteiger partial charge in [-0.2, -0.15) is 5.06 Å². The second kappa shape index (κ2) is 4.90. The highest BCUT2D eigenvalue weighted by atomic mass is 16.7. The zero-order valence-corrected chi connectivity index (χ0v) is 7.97. The van der Waals surface area contributed by atoms with Gasteiger partial charge in [0, 0.05) is 19.8 Å². The van der Waals surface area contributed by atoms with Crippen LogP contribution in [0.1, 0.15) is 5.69 Å². The highest BCUT2D eigenvalue weighted by Crippen LogP contribution is 1.97. The Balaban J connectivity index is 2.48. The summed E-state index contributed by atoms with van der Waals surface area (Å²) in [6.45, 7) is 1.90. The van der Waals surface area contributed by atoms with Gasteiger partial charge in [0.25, 0.3) is 0 Å². The third-order valence-corrected chi connectivity index (χ3v) is 1.64. The molecule has 0 atom stereocenters. The molecule has 0 aliphatic rings. The fourth-order valence-electron chi connectivity index (χ4n) is 0.945. The molecule has 0 radical (unpaired) electrons. The number of nitrogens with two attached hydrogens (primary N) is 1. The average Bonchev–Trinajstić information content (AvgIpc) is 2.53. The van der Waals surface area contributed by atoms with E-state index in [1.54, 1.807) is 16.9 Å². The Morgan fingerprint density at radius 1 is 1.69 bits per heavy atom. The Kier molecular flexibility index (Phi) is 3.81. The van der Waals surface area contributed by atoms with Gasteiger partial charge in [0.1, 0.15) is 0 Å². The van der Waals surface area contributed by atoms with Gasteiger partial charge in [-0.15, -0.1) is 5.10 Å². The van der Waals surface area contributed by atoms with Crippen molar-refractivity contribution in [3.63, 3.8) is 0 Å². The maximum Gasteiger partial charge on any atom is 0.0991 e. The standard InChI is InChI=1S/C7H15N5O/c1-11(13-2)5-7-6-12(4-3-8)10-9-7/h6H,3-5,8H2,1-2H3. The topological polar surface area (TPSA) is 69.2 Å². The van der Waals surface area contributed by atoms with Crippen molar-refractivity contribution in [3.8, 4) is 0 Å². The minimum Gasteiger partial charge on any atom is -0.329 e. The molecule has 0 fully saturated rings. The van der Waals surface area contributed by atoms with E-state index in [4.69, 9.17) is 10.6 Å². The van der Waals surface area contributed by atoms with Crippen LogP contribution in [0.25, 0.3) is 0 Å². The fraction of sp³-hybridized carbons (Fsp3) is 0.714. The maximum atomic E-state index is 5.37. The summed E-state index contributed by atoms with van der Waals surface area (Å²) in [5, 5.41) is 9.53. The van der Waals surface area contributed by atoms with Gasteiger partial charge >= 0.3 is 0 Å². The number of hydroxylamine groups is 2. The van der Waals surface area contributed by atoms with Gasteiger partial charge < -0.3 is 10.6 Å². The van der Waals surface area contributed by atoms with Crippen LogP contribution in [-0.2, 0) is 17.9 Å². The molecule has 13 heavy (non-hydrogen) atoms. The third-order valence-electron chi connectivity index (χ3n) is 1.64. The summed E-state index contributed by atoms with van der Waals surface area (Å²) < 4.78 is 1.72. The summed E-state index contributed by atoms with van der Waals surface area (Å²) in [7, 11) is 3.45. The van der Waals surface area contributed by atoms with Crippen LogP contribution in [0.15, 0.2) is 6.20 Å². The van der Waals surface area contributed by atoms with Crippen LogP contribution < -0.4 is 5.73 Å². The number of hydrogen-bond acceptors (Lipinski definition) is 5. The van der Waals surface area contributed by atoms with E-state index in [9.17, 15) is 0 Å². The lowest BCUT2D eigenvalue weighted by Gasteiger charge is -2.09. The number of hydrogen-bond donors (Lipinski definition) is 1. The first-order valence-electron chi connectivity index (χ1n) is 4.10. The highest BCUT2D eigenvalue weighted by Gasteiger charge is 2.02. The smallest absolute Gasteiger partial charge is 0.0991 e. The molecule has 0 saturated carbocycles. The van der Waals surface area contributed by atoms with Gasteiger partial charge in [-0.25, -0.2) is 0 Å². The summed E-state index contributed by atoms with van der Waals surface area (Å²) in [4.78, 5) is 4.95. The van der Waals surface area contributed by atoms with E-state index in [1.165, 1.54) is 0 Å².